The van der Waals surface area contributed by atoms with Crippen molar-refractivity contribution in [2.24, 2.45) is 5.10 Å². The van der Waals surface area contributed by atoms with Crippen LogP contribution < -0.4 is 15.1 Å². The van der Waals surface area contributed by atoms with E-state index >= 15 is 0 Å². The first-order valence-corrected chi connectivity index (χ1v) is 11.5. The SMILES string of the molecule is Cc1ccsc1N1C(=O)C(=NNc2cccc(-c3cccc(OC(=O)O)c3)c2O)c2ccccc21. The van der Waals surface area contributed by atoms with E-state index in [9.17, 15) is 14.7 Å². The zero-order valence-corrected chi connectivity index (χ0v) is 19.2. The van der Waals surface area contributed by atoms with Crippen molar-refractivity contribution in [1.82, 2.24) is 0 Å². The second-order valence-corrected chi connectivity index (χ2v) is 8.63. The van der Waals surface area contributed by atoms with E-state index in [0.717, 1.165) is 16.3 Å². The Hall–Kier alpha value is -4.63. The number of rotatable bonds is 5. The molecule has 1 amide bonds. The van der Waals surface area contributed by atoms with Crippen LogP contribution in [0.15, 0.2) is 83.3 Å². The molecule has 174 valence electrons. The van der Waals surface area contributed by atoms with E-state index in [1.165, 1.54) is 23.5 Å². The summed E-state index contributed by atoms with van der Waals surface area (Å²) in [7, 11) is 0. The van der Waals surface area contributed by atoms with E-state index in [1.807, 2.05) is 42.6 Å². The summed E-state index contributed by atoms with van der Waals surface area (Å²) in [6, 6.07) is 20.8. The Morgan fingerprint density at radius 2 is 1.80 bits per heavy atom. The zero-order chi connectivity index (χ0) is 24.5. The number of thiophene rings is 1. The van der Waals surface area contributed by atoms with Crippen LogP contribution in [0.2, 0.25) is 0 Å². The summed E-state index contributed by atoms with van der Waals surface area (Å²) in [5.41, 5.74) is 6.78. The number of phenols is 1. The molecule has 3 aromatic carbocycles. The summed E-state index contributed by atoms with van der Waals surface area (Å²) < 4.78 is 4.71. The van der Waals surface area contributed by atoms with Gasteiger partial charge in [-0.15, -0.1) is 11.3 Å². The van der Waals surface area contributed by atoms with Gasteiger partial charge in [-0.05, 0) is 53.8 Å². The Kier molecular flexibility index (Phi) is 5.68. The highest BCUT2D eigenvalue weighted by atomic mass is 32.1. The fourth-order valence-electron chi connectivity index (χ4n) is 3.91. The van der Waals surface area contributed by atoms with Crippen molar-refractivity contribution in [3.8, 4) is 22.6 Å². The number of carboxylic acid groups (broad SMARTS) is 1. The molecule has 8 nitrogen and oxygen atoms in total. The fourth-order valence-corrected chi connectivity index (χ4v) is 4.86. The number of nitrogens with zero attached hydrogens (tertiary/aromatic N) is 2. The lowest BCUT2D eigenvalue weighted by Crippen LogP contribution is -2.25. The van der Waals surface area contributed by atoms with E-state index in [4.69, 9.17) is 9.84 Å². The number of phenolic OH excluding ortho intramolecular Hbond substituents is 1. The molecular formula is C26H19N3O5S. The second kappa shape index (κ2) is 8.96. The largest absolute Gasteiger partial charge is 0.511 e. The number of anilines is 3. The van der Waals surface area contributed by atoms with Crippen LogP contribution in [0.5, 0.6) is 11.5 Å². The van der Waals surface area contributed by atoms with Gasteiger partial charge in [0.1, 0.15) is 16.5 Å². The third-order valence-corrected chi connectivity index (χ3v) is 6.52. The van der Waals surface area contributed by atoms with Gasteiger partial charge in [0.2, 0.25) is 0 Å². The first kappa shape index (κ1) is 22.2. The molecule has 3 N–H and O–H groups in total. The normalized spacial score (nSPS) is 13.7. The molecule has 0 atom stereocenters. The van der Waals surface area contributed by atoms with Crippen molar-refractivity contribution in [2.75, 3.05) is 10.3 Å². The molecule has 1 aromatic heterocycles. The lowest BCUT2D eigenvalue weighted by atomic mass is 10.0. The lowest BCUT2D eigenvalue weighted by molar-refractivity contribution is -0.111. The lowest BCUT2D eigenvalue weighted by Gasteiger charge is -2.15. The average Bonchev–Trinajstić information content (AvgIpc) is 3.37. The molecular weight excluding hydrogens is 466 g/mol. The maximum Gasteiger partial charge on any atom is 0.511 e. The number of fused-ring (bicyclic) bond motifs is 1. The number of ether oxygens (including phenoxy) is 1. The van der Waals surface area contributed by atoms with Crippen LogP contribution in [0.1, 0.15) is 11.1 Å². The molecule has 0 radical (unpaired) electrons. The van der Waals surface area contributed by atoms with Crippen molar-refractivity contribution < 1.29 is 24.5 Å². The Labute approximate surface area is 204 Å². The molecule has 0 bridgehead atoms. The number of para-hydroxylation sites is 2. The Morgan fingerprint density at radius 1 is 1.03 bits per heavy atom. The first-order chi connectivity index (χ1) is 16.9. The number of carbonyl (C=O) groups excluding carboxylic acids is 1. The molecule has 0 saturated heterocycles. The molecule has 0 saturated carbocycles. The molecule has 0 unspecified atom stereocenters. The number of carbonyl (C=O) groups is 2. The average molecular weight is 486 g/mol. The molecule has 0 aliphatic carbocycles. The highest BCUT2D eigenvalue weighted by Crippen LogP contribution is 2.41. The van der Waals surface area contributed by atoms with Crippen LogP contribution in [0, 0.1) is 6.92 Å². The first-order valence-electron chi connectivity index (χ1n) is 10.6. The quantitative estimate of drug-likeness (QED) is 0.139. The van der Waals surface area contributed by atoms with E-state index in [1.54, 1.807) is 35.2 Å². The molecule has 1 aliphatic rings. The zero-order valence-electron chi connectivity index (χ0n) is 18.4. The van der Waals surface area contributed by atoms with Gasteiger partial charge in [0, 0.05) is 11.1 Å². The Bertz CT molecular complexity index is 1490. The summed E-state index contributed by atoms with van der Waals surface area (Å²) in [5, 5.41) is 26.9. The van der Waals surface area contributed by atoms with Crippen LogP contribution in [-0.4, -0.2) is 28.0 Å². The summed E-state index contributed by atoms with van der Waals surface area (Å²) >= 11 is 1.48. The minimum absolute atomic E-state index is 0.103. The second-order valence-electron chi connectivity index (χ2n) is 7.74. The van der Waals surface area contributed by atoms with Crippen molar-refractivity contribution in [3.63, 3.8) is 0 Å². The topological polar surface area (TPSA) is 111 Å². The number of benzene rings is 3. The van der Waals surface area contributed by atoms with E-state index in [2.05, 4.69) is 10.5 Å². The van der Waals surface area contributed by atoms with Gasteiger partial charge in [0.15, 0.2) is 5.71 Å². The monoisotopic (exact) mass is 485 g/mol. The van der Waals surface area contributed by atoms with Gasteiger partial charge in [0.25, 0.3) is 5.91 Å². The van der Waals surface area contributed by atoms with Crippen LogP contribution in [0.25, 0.3) is 11.1 Å². The predicted molar refractivity (Wildman–Crippen MR) is 135 cm³/mol. The molecule has 9 heteroatoms. The molecule has 4 aromatic rings. The standard InChI is InChI=1S/C26H19N3O5S/c1-15-12-13-35-25(15)29-21-11-3-2-8-19(21)22(24(29)31)28-27-20-10-5-9-18(23(20)30)16-6-4-7-17(14-16)34-26(32)33/h2-14,27,30H,1H3,(H,32,33). The van der Waals surface area contributed by atoms with Crippen molar-refractivity contribution in [1.29, 1.82) is 0 Å². The number of aryl methyl sites for hydroxylation is 1. The van der Waals surface area contributed by atoms with Gasteiger partial charge in [-0.3, -0.25) is 15.1 Å². The van der Waals surface area contributed by atoms with Crippen molar-refractivity contribution in [2.45, 2.75) is 6.92 Å². The minimum Gasteiger partial charge on any atom is -0.505 e. The van der Waals surface area contributed by atoms with E-state index in [0.29, 0.717) is 16.7 Å². The molecule has 1 aliphatic heterocycles. The van der Waals surface area contributed by atoms with Crippen LogP contribution >= 0.6 is 11.3 Å². The van der Waals surface area contributed by atoms with E-state index in [-0.39, 0.29) is 28.8 Å². The smallest absolute Gasteiger partial charge is 0.505 e. The van der Waals surface area contributed by atoms with Crippen molar-refractivity contribution >= 4 is 45.5 Å². The molecule has 0 fully saturated rings. The van der Waals surface area contributed by atoms with Gasteiger partial charge < -0.3 is 14.9 Å². The third-order valence-electron chi connectivity index (χ3n) is 5.52. The fraction of sp³-hybridized carbons (Fsp3) is 0.0385. The van der Waals surface area contributed by atoms with Gasteiger partial charge in [-0.1, -0.05) is 42.5 Å². The number of hydrogen-bond donors (Lipinski definition) is 3. The minimum atomic E-state index is -1.43. The summed E-state index contributed by atoms with van der Waals surface area (Å²) in [6.07, 6.45) is -1.43. The third kappa shape index (κ3) is 4.09. The number of hydrazone groups is 1. The number of hydrogen-bond acceptors (Lipinski definition) is 7. The van der Waals surface area contributed by atoms with Gasteiger partial charge >= 0.3 is 6.16 Å². The highest BCUT2D eigenvalue weighted by Gasteiger charge is 2.36. The van der Waals surface area contributed by atoms with E-state index < -0.39 is 6.16 Å². The summed E-state index contributed by atoms with van der Waals surface area (Å²) in [5.74, 6) is -0.238. The predicted octanol–water partition coefficient (Wildman–Crippen LogP) is 5.98. The van der Waals surface area contributed by atoms with Crippen molar-refractivity contribution in [3.05, 3.63) is 89.3 Å². The number of nitrogens with one attached hydrogen (secondary N) is 1. The van der Waals surface area contributed by atoms with Gasteiger partial charge in [0.05, 0.1) is 11.4 Å². The Morgan fingerprint density at radius 3 is 2.57 bits per heavy atom. The van der Waals surface area contributed by atoms with Crippen LogP contribution in [0.3, 0.4) is 0 Å². The molecule has 35 heavy (non-hydrogen) atoms. The number of amides is 1. The molecule has 2 heterocycles. The van der Waals surface area contributed by atoms with Gasteiger partial charge in [-0.25, -0.2) is 4.79 Å². The maximum absolute atomic E-state index is 13.4. The summed E-state index contributed by atoms with van der Waals surface area (Å²) in [6.45, 7) is 1.95. The van der Waals surface area contributed by atoms with Gasteiger partial charge in [-0.2, -0.15) is 5.10 Å². The Balaban J connectivity index is 1.49. The maximum atomic E-state index is 13.4. The van der Waals surface area contributed by atoms with Crippen LogP contribution in [-0.2, 0) is 4.79 Å². The number of aromatic hydroxyl groups is 1. The van der Waals surface area contributed by atoms with Crippen LogP contribution in [0.4, 0.5) is 21.2 Å². The molecule has 5 rings (SSSR count). The summed E-state index contributed by atoms with van der Waals surface area (Å²) in [4.78, 5) is 25.9. The highest BCUT2D eigenvalue weighted by molar-refractivity contribution is 7.14. The molecule has 0 spiro atoms.